The second kappa shape index (κ2) is 14.7. The van der Waals surface area contributed by atoms with Crippen LogP contribution in [-0.4, -0.2) is 59.8 Å². The standard InChI is InChI=1S/C43H31Cl2F5N2O8/c1-58-23-11-15-28(59-2)20(16-23)7-4-19-5-9-22(10-6-19)51-38(54)25-13-12-24-26(30(25)39(51)55)18-42(44)40(56)52(37-35(49)33(47)32(46)34(48)36(37)50)41(57)43(42,45)31(24)21-8-14-29(60-3)27(53)17-21/h4-12,14-17,25-26,30-31,53H,13,18H2,1-3H3. The van der Waals surface area contributed by atoms with Crippen LogP contribution in [0, 0.1) is 46.8 Å². The summed E-state index contributed by atoms with van der Waals surface area (Å²) in [6, 6.07) is 15.6. The van der Waals surface area contributed by atoms with Crippen molar-refractivity contribution >= 4 is 70.4 Å². The number of allylic oxidation sites excluding steroid dienone is 2. The van der Waals surface area contributed by atoms with Crippen molar-refractivity contribution in [2.24, 2.45) is 17.8 Å². The smallest absolute Gasteiger partial charge is 0.258 e. The van der Waals surface area contributed by atoms with Crippen molar-refractivity contribution in [2.45, 2.75) is 28.5 Å². The lowest BCUT2D eigenvalue weighted by atomic mass is 9.56. The number of phenolic OH excluding ortho intramolecular Hbond substituents is 1. The minimum absolute atomic E-state index is 0.0184. The van der Waals surface area contributed by atoms with Gasteiger partial charge in [0.1, 0.15) is 17.2 Å². The second-order valence-electron chi connectivity index (χ2n) is 14.7. The minimum Gasteiger partial charge on any atom is -0.504 e. The van der Waals surface area contributed by atoms with Gasteiger partial charge in [-0.2, -0.15) is 0 Å². The fourth-order valence-electron chi connectivity index (χ4n) is 8.97. The number of aromatic hydroxyl groups is 1. The van der Waals surface area contributed by atoms with E-state index in [4.69, 9.17) is 37.4 Å². The molecule has 4 aliphatic rings. The van der Waals surface area contributed by atoms with Gasteiger partial charge in [0.2, 0.25) is 17.6 Å². The lowest BCUT2D eigenvalue weighted by molar-refractivity contribution is -0.125. The summed E-state index contributed by atoms with van der Waals surface area (Å²) >= 11 is 14.4. The van der Waals surface area contributed by atoms with Gasteiger partial charge in [-0.05, 0) is 72.4 Å². The average molecular weight is 870 g/mol. The highest BCUT2D eigenvalue weighted by atomic mass is 35.5. The molecular formula is C43H31Cl2F5N2O8. The van der Waals surface area contributed by atoms with Crippen LogP contribution in [0.25, 0.3) is 12.2 Å². The molecule has 1 N–H and O–H groups in total. The van der Waals surface area contributed by atoms with Crippen molar-refractivity contribution in [1.29, 1.82) is 0 Å². The number of phenols is 1. The van der Waals surface area contributed by atoms with Crippen molar-refractivity contribution in [1.82, 2.24) is 0 Å². The Balaban J connectivity index is 1.19. The van der Waals surface area contributed by atoms with Gasteiger partial charge in [0.15, 0.2) is 44.5 Å². The number of imide groups is 2. The molecule has 2 aliphatic heterocycles. The number of carbonyl (C=O) groups is 4. The maximum Gasteiger partial charge on any atom is 0.258 e. The summed E-state index contributed by atoms with van der Waals surface area (Å²) in [4.78, 5) is 52.9. The second-order valence-corrected chi connectivity index (χ2v) is 15.9. The van der Waals surface area contributed by atoms with Gasteiger partial charge >= 0.3 is 0 Å². The number of fused-ring (bicyclic) bond motifs is 4. The quantitative estimate of drug-likeness (QED) is 0.0359. The van der Waals surface area contributed by atoms with Gasteiger partial charge in [-0.1, -0.05) is 42.0 Å². The van der Waals surface area contributed by atoms with Gasteiger partial charge in [-0.3, -0.25) is 24.1 Å². The third-order valence-electron chi connectivity index (χ3n) is 11.8. The van der Waals surface area contributed by atoms with Crippen LogP contribution < -0.4 is 24.0 Å². The number of alkyl halides is 2. The molecule has 2 aliphatic carbocycles. The molecule has 1 saturated carbocycles. The third kappa shape index (κ3) is 5.72. The van der Waals surface area contributed by atoms with Crippen LogP contribution in [0.4, 0.5) is 33.3 Å². The van der Waals surface area contributed by atoms with Gasteiger partial charge in [-0.15, -0.1) is 23.2 Å². The van der Waals surface area contributed by atoms with Gasteiger partial charge in [0.05, 0.1) is 38.9 Å². The number of nitrogens with zero attached hydrogens (tertiary/aromatic N) is 2. The molecular weight excluding hydrogens is 838 g/mol. The average Bonchev–Trinajstić information content (AvgIpc) is 3.58. The zero-order valence-electron chi connectivity index (χ0n) is 31.6. The molecule has 17 heteroatoms. The van der Waals surface area contributed by atoms with E-state index in [9.17, 15) is 37.5 Å². The van der Waals surface area contributed by atoms with Crippen molar-refractivity contribution in [3.63, 3.8) is 0 Å². The first kappa shape index (κ1) is 40.8. The summed E-state index contributed by atoms with van der Waals surface area (Å²) in [5, 5.41) is 10.8. The number of methoxy groups -OCH3 is 3. The third-order valence-corrected chi connectivity index (χ3v) is 13.2. The van der Waals surface area contributed by atoms with Crippen LogP contribution in [0.3, 0.4) is 0 Å². The molecule has 4 amide bonds. The van der Waals surface area contributed by atoms with Crippen LogP contribution in [-0.2, 0) is 19.2 Å². The first-order valence-electron chi connectivity index (χ1n) is 18.3. The van der Waals surface area contributed by atoms with Gasteiger partial charge < -0.3 is 19.3 Å². The van der Waals surface area contributed by atoms with E-state index in [0.717, 1.165) is 16.5 Å². The largest absolute Gasteiger partial charge is 0.504 e. The fourth-order valence-corrected chi connectivity index (χ4v) is 9.91. The summed E-state index contributed by atoms with van der Waals surface area (Å²) in [5.74, 6) is -21.1. The number of halogens is 7. The molecule has 2 heterocycles. The van der Waals surface area contributed by atoms with E-state index >= 15 is 8.78 Å². The van der Waals surface area contributed by atoms with Crippen molar-refractivity contribution in [2.75, 3.05) is 31.1 Å². The molecule has 0 bridgehead atoms. The first-order chi connectivity index (χ1) is 28.5. The van der Waals surface area contributed by atoms with E-state index in [2.05, 4.69) is 0 Å². The van der Waals surface area contributed by atoms with Gasteiger partial charge in [0.25, 0.3) is 11.8 Å². The SMILES string of the molecule is COc1ccc(OC)c(C=Cc2ccc(N3C(=O)C4CC=C5C(CC6(Cl)C(=O)N(c7c(F)c(F)c(F)c(F)c7F)C(=O)C6(Cl)C5c5ccc(OC)c(O)c5)C4C3=O)cc2)c1. The van der Waals surface area contributed by atoms with E-state index in [1.54, 1.807) is 60.7 Å². The fraction of sp³-hybridized carbons (Fsp3) is 0.256. The van der Waals surface area contributed by atoms with Gasteiger partial charge in [0, 0.05) is 11.5 Å². The maximum absolute atomic E-state index is 15.3. The molecule has 4 aromatic rings. The van der Waals surface area contributed by atoms with E-state index in [1.165, 1.54) is 33.5 Å². The number of anilines is 2. The molecule has 0 aromatic heterocycles. The van der Waals surface area contributed by atoms with E-state index in [0.29, 0.717) is 17.1 Å². The summed E-state index contributed by atoms with van der Waals surface area (Å²) < 4.78 is 89.8. The molecule has 310 valence electrons. The van der Waals surface area contributed by atoms with Gasteiger partial charge in [-0.25, -0.2) is 26.9 Å². The Morgan fingerprint density at radius 3 is 1.97 bits per heavy atom. The Hall–Kier alpha value is -5.93. The molecule has 0 spiro atoms. The maximum atomic E-state index is 15.3. The number of ether oxygens (including phenoxy) is 3. The highest BCUT2D eigenvalue weighted by molar-refractivity contribution is 6.58. The van der Waals surface area contributed by atoms with Crippen LogP contribution >= 0.6 is 23.2 Å². The van der Waals surface area contributed by atoms with Crippen LogP contribution in [0.5, 0.6) is 23.0 Å². The Morgan fingerprint density at radius 1 is 0.717 bits per heavy atom. The number of rotatable bonds is 8. The molecule has 60 heavy (non-hydrogen) atoms. The minimum atomic E-state index is -2.74. The summed E-state index contributed by atoms with van der Waals surface area (Å²) in [6.07, 6.45) is 4.41. The van der Waals surface area contributed by atoms with Crippen molar-refractivity contribution in [3.05, 3.63) is 118 Å². The number of amides is 4. The van der Waals surface area contributed by atoms with Crippen molar-refractivity contribution < 1.29 is 60.4 Å². The molecule has 6 unspecified atom stereocenters. The summed E-state index contributed by atoms with van der Waals surface area (Å²) in [6.45, 7) is 0. The number of benzene rings is 4. The molecule has 0 radical (unpaired) electrons. The monoisotopic (exact) mass is 868 g/mol. The van der Waals surface area contributed by atoms with Crippen molar-refractivity contribution in [3.8, 4) is 23.0 Å². The molecule has 2 saturated heterocycles. The number of hydrogen-bond acceptors (Lipinski definition) is 8. The van der Waals surface area contributed by atoms with Crippen LogP contribution in [0.15, 0.2) is 72.3 Å². The number of hydrogen-bond donors (Lipinski definition) is 1. The predicted octanol–water partition coefficient (Wildman–Crippen LogP) is 8.05. The van der Waals surface area contributed by atoms with Crippen LogP contribution in [0.1, 0.15) is 35.4 Å². The molecule has 10 nitrogen and oxygen atoms in total. The zero-order valence-corrected chi connectivity index (χ0v) is 33.1. The topological polar surface area (TPSA) is 123 Å². The normalized spacial score (nSPS) is 26.0. The summed E-state index contributed by atoms with van der Waals surface area (Å²) in [7, 11) is 4.34. The molecule has 6 atom stereocenters. The summed E-state index contributed by atoms with van der Waals surface area (Å²) in [5.41, 5.74) is 0.00971. The predicted molar refractivity (Wildman–Crippen MR) is 208 cm³/mol. The van der Waals surface area contributed by atoms with E-state index in [-0.39, 0.29) is 33.9 Å². The lowest BCUT2D eigenvalue weighted by Crippen LogP contribution is -2.60. The van der Waals surface area contributed by atoms with E-state index in [1.807, 2.05) is 0 Å². The lowest BCUT2D eigenvalue weighted by Gasteiger charge is -2.50. The number of carbonyl (C=O) groups excluding carboxylic acids is 4. The zero-order chi connectivity index (χ0) is 43.2. The first-order valence-corrected chi connectivity index (χ1v) is 19.0. The Kier molecular flexibility index (Phi) is 9.98. The molecule has 3 fully saturated rings. The molecule has 8 rings (SSSR count). The molecule has 4 aromatic carbocycles. The van der Waals surface area contributed by atoms with Crippen LogP contribution in [0.2, 0.25) is 0 Å². The highest BCUT2D eigenvalue weighted by Gasteiger charge is 2.77. The highest BCUT2D eigenvalue weighted by Crippen LogP contribution is 2.66. The Morgan fingerprint density at radius 2 is 1.35 bits per heavy atom. The van der Waals surface area contributed by atoms with E-state index < -0.39 is 104 Å². The Labute approximate surface area is 348 Å². The Bertz CT molecular complexity index is 2580.